The Balaban J connectivity index is 1.75. The second-order valence-corrected chi connectivity index (χ2v) is 9.08. The molecule has 8 nitrogen and oxygen atoms in total. The van der Waals surface area contributed by atoms with E-state index in [4.69, 9.17) is 0 Å². The number of anilines is 2. The molecule has 8 heteroatoms. The van der Waals surface area contributed by atoms with Gasteiger partial charge in [0.1, 0.15) is 6.04 Å². The van der Waals surface area contributed by atoms with Crippen molar-refractivity contribution in [2.24, 2.45) is 0 Å². The normalized spacial score (nSPS) is 14.9. The number of nitrogens with one attached hydrogen (secondary N) is 1. The zero-order chi connectivity index (χ0) is 25.1. The van der Waals surface area contributed by atoms with Crippen molar-refractivity contribution in [2.75, 3.05) is 10.2 Å². The SMILES string of the molecule is CC(=O)c1ccc(NC(=O)[C@@H](C)n2c(=O)c(N(C(C)=O)C3CCCCC3)nc3ccccc32)cc1. The van der Waals surface area contributed by atoms with Crippen molar-refractivity contribution in [3.05, 3.63) is 64.4 Å². The summed E-state index contributed by atoms with van der Waals surface area (Å²) in [7, 11) is 0. The lowest BCUT2D eigenvalue weighted by atomic mass is 9.94. The fourth-order valence-electron chi connectivity index (χ4n) is 4.75. The highest BCUT2D eigenvalue weighted by atomic mass is 16.2. The number of Topliss-reactive ketones (excluding diaryl/α,β-unsaturated/α-hetero) is 1. The van der Waals surface area contributed by atoms with E-state index in [2.05, 4.69) is 10.3 Å². The lowest BCUT2D eigenvalue weighted by Gasteiger charge is -2.33. The molecule has 1 fully saturated rings. The standard InChI is InChI=1S/C27H30N4O4/c1-17(26(34)28-21-15-13-20(14-16-21)18(2)32)30-24-12-8-7-11-23(24)29-25(27(30)35)31(19(3)33)22-9-5-4-6-10-22/h7-8,11-17,22H,4-6,9-10H2,1-3H3,(H,28,34)/t17-/m1/s1. The van der Waals surface area contributed by atoms with Crippen molar-refractivity contribution in [3.8, 4) is 0 Å². The van der Waals surface area contributed by atoms with Crippen LogP contribution < -0.4 is 15.8 Å². The van der Waals surface area contributed by atoms with Gasteiger partial charge in [-0.3, -0.25) is 28.6 Å². The van der Waals surface area contributed by atoms with E-state index >= 15 is 0 Å². The molecule has 2 aromatic carbocycles. The van der Waals surface area contributed by atoms with Crippen LogP contribution in [0.3, 0.4) is 0 Å². The highest BCUT2D eigenvalue weighted by Crippen LogP contribution is 2.27. The fraction of sp³-hybridized carbons (Fsp3) is 0.370. The smallest absolute Gasteiger partial charge is 0.295 e. The first-order chi connectivity index (χ1) is 16.8. The van der Waals surface area contributed by atoms with Crippen LogP contribution in [0.5, 0.6) is 0 Å². The van der Waals surface area contributed by atoms with Crippen molar-refractivity contribution in [1.29, 1.82) is 0 Å². The van der Waals surface area contributed by atoms with Crippen LogP contribution in [0.25, 0.3) is 11.0 Å². The summed E-state index contributed by atoms with van der Waals surface area (Å²) < 4.78 is 1.41. The van der Waals surface area contributed by atoms with Crippen LogP contribution in [0.1, 0.15) is 69.3 Å². The predicted molar refractivity (Wildman–Crippen MR) is 136 cm³/mol. The van der Waals surface area contributed by atoms with Gasteiger partial charge in [-0.15, -0.1) is 0 Å². The molecule has 1 saturated carbocycles. The maximum atomic E-state index is 13.8. The van der Waals surface area contributed by atoms with Gasteiger partial charge in [0.05, 0.1) is 11.0 Å². The summed E-state index contributed by atoms with van der Waals surface area (Å²) in [5, 5.41) is 2.82. The summed E-state index contributed by atoms with van der Waals surface area (Å²) >= 11 is 0. The largest absolute Gasteiger partial charge is 0.324 e. The zero-order valence-corrected chi connectivity index (χ0v) is 20.3. The second-order valence-electron chi connectivity index (χ2n) is 9.08. The van der Waals surface area contributed by atoms with Crippen LogP contribution in [0.15, 0.2) is 53.3 Å². The van der Waals surface area contributed by atoms with Gasteiger partial charge in [0, 0.05) is 24.2 Å². The van der Waals surface area contributed by atoms with Crippen molar-refractivity contribution in [1.82, 2.24) is 9.55 Å². The van der Waals surface area contributed by atoms with Crippen LogP contribution >= 0.6 is 0 Å². The number of rotatable bonds is 6. The number of benzene rings is 2. The third kappa shape index (κ3) is 5.01. The van der Waals surface area contributed by atoms with Crippen molar-refractivity contribution >= 4 is 40.1 Å². The summed E-state index contributed by atoms with van der Waals surface area (Å²) in [4.78, 5) is 57.3. The van der Waals surface area contributed by atoms with E-state index in [-0.39, 0.29) is 23.6 Å². The van der Waals surface area contributed by atoms with E-state index in [0.717, 1.165) is 32.1 Å². The minimum atomic E-state index is -0.873. The average molecular weight is 475 g/mol. The molecule has 1 aromatic heterocycles. The molecule has 2 amide bonds. The third-order valence-corrected chi connectivity index (χ3v) is 6.61. The number of carbonyl (C=O) groups excluding carboxylic acids is 3. The van der Waals surface area contributed by atoms with Crippen LogP contribution in [0.4, 0.5) is 11.5 Å². The van der Waals surface area contributed by atoms with E-state index in [1.807, 2.05) is 6.07 Å². The minimum absolute atomic E-state index is 0.0634. The minimum Gasteiger partial charge on any atom is -0.324 e. The number of ketones is 1. The molecule has 0 aliphatic heterocycles. The molecule has 35 heavy (non-hydrogen) atoms. The van der Waals surface area contributed by atoms with Gasteiger partial charge < -0.3 is 5.32 Å². The highest BCUT2D eigenvalue weighted by molar-refractivity contribution is 5.97. The summed E-state index contributed by atoms with van der Waals surface area (Å²) in [6, 6.07) is 12.8. The predicted octanol–water partition coefficient (Wildman–Crippen LogP) is 4.48. The van der Waals surface area contributed by atoms with Gasteiger partial charge in [-0.25, -0.2) is 4.98 Å². The molecule has 4 rings (SSSR count). The monoisotopic (exact) mass is 474 g/mol. The van der Waals surface area contributed by atoms with Gasteiger partial charge in [-0.1, -0.05) is 31.4 Å². The van der Waals surface area contributed by atoms with E-state index in [1.165, 1.54) is 23.3 Å². The Kier molecular flexibility index (Phi) is 7.10. The van der Waals surface area contributed by atoms with E-state index in [1.54, 1.807) is 49.4 Å². The molecular weight excluding hydrogens is 444 g/mol. The molecule has 0 radical (unpaired) electrons. The first kappa shape index (κ1) is 24.3. The number of hydrogen-bond acceptors (Lipinski definition) is 5. The van der Waals surface area contributed by atoms with Gasteiger partial charge in [-0.2, -0.15) is 0 Å². The molecule has 1 N–H and O–H groups in total. The summed E-state index contributed by atoms with van der Waals surface area (Å²) in [5.41, 5.74) is 1.65. The van der Waals surface area contributed by atoms with Crippen LogP contribution in [-0.4, -0.2) is 33.2 Å². The number of para-hydroxylation sites is 2. The Morgan fingerprint density at radius 3 is 2.29 bits per heavy atom. The Morgan fingerprint density at radius 2 is 1.66 bits per heavy atom. The maximum absolute atomic E-state index is 13.8. The number of hydrogen-bond donors (Lipinski definition) is 1. The Hall–Kier alpha value is -3.81. The lowest BCUT2D eigenvalue weighted by molar-refractivity contribution is -0.119. The summed E-state index contributed by atoms with van der Waals surface area (Å²) in [6.45, 7) is 4.58. The van der Waals surface area contributed by atoms with Gasteiger partial charge in [0.15, 0.2) is 5.78 Å². The van der Waals surface area contributed by atoms with Crippen LogP contribution in [-0.2, 0) is 9.59 Å². The summed E-state index contributed by atoms with van der Waals surface area (Å²) in [6.07, 6.45) is 4.75. The zero-order valence-electron chi connectivity index (χ0n) is 20.3. The fourth-order valence-corrected chi connectivity index (χ4v) is 4.75. The second kappa shape index (κ2) is 10.2. The number of aromatic nitrogens is 2. The molecule has 0 unspecified atom stereocenters. The molecule has 1 aliphatic carbocycles. The lowest BCUT2D eigenvalue weighted by Crippen LogP contribution is -2.45. The quantitative estimate of drug-likeness (QED) is 0.531. The summed E-state index contributed by atoms with van der Waals surface area (Å²) in [5.74, 6) is -0.622. The van der Waals surface area contributed by atoms with E-state index < -0.39 is 17.5 Å². The van der Waals surface area contributed by atoms with Gasteiger partial charge in [-0.05, 0) is 63.1 Å². The van der Waals surface area contributed by atoms with Crippen molar-refractivity contribution in [2.45, 2.75) is 65.0 Å². The number of carbonyl (C=O) groups is 3. The average Bonchev–Trinajstić information content (AvgIpc) is 2.85. The molecule has 1 aliphatic rings. The van der Waals surface area contributed by atoms with Gasteiger partial charge >= 0.3 is 0 Å². The first-order valence-corrected chi connectivity index (χ1v) is 12.0. The Morgan fingerprint density at radius 1 is 1.00 bits per heavy atom. The maximum Gasteiger partial charge on any atom is 0.295 e. The van der Waals surface area contributed by atoms with Crippen molar-refractivity contribution < 1.29 is 14.4 Å². The Bertz CT molecular complexity index is 1320. The Labute approximate surface area is 204 Å². The highest BCUT2D eigenvalue weighted by Gasteiger charge is 2.30. The van der Waals surface area contributed by atoms with E-state index in [9.17, 15) is 19.2 Å². The van der Waals surface area contributed by atoms with Gasteiger partial charge in [0.25, 0.3) is 5.56 Å². The third-order valence-electron chi connectivity index (χ3n) is 6.61. The molecule has 0 saturated heterocycles. The van der Waals surface area contributed by atoms with Crippen LogP contribution in [0.2, 0.25) is 0 Å². The topological polar surface area (TPSA) is 101 Å². The molecule has 1 atom stereocenters. The van der Waals surface area contributed by atoms with Gasteiger partial charge in [0.2, 0.25) is 17.6 Å². The molecule has 182 valence electrons. The number of nitrogens with zero attached hydrogens (tertiary/aromatic N) is 3. The molecular formula is C27H30N4O4. The number of fused-ring (bicyclic) bond motifs is 1. The molecule has 1 heterocycles. The molecule has 3 aromatic rings. The molecule has 0 spiro atoms. The first-order valence-electron chi connectivity index (χ1n) is 12.0. The van der Waals surface area contributed by atoms with Crippen LogP contribution in [0, 0.1) is 0 Å². The number of amides is 2. The van der Waals surface area contributed by atoms with E-state index in [0.29, 0.717) is 22.3 Å². The van der Waals surface area contributed by atoms with Crippen molar-refractivity contribution in [3.63, 3.8) is 0 Å². The molecule has 0 bridgehead atoms.